The third-order valence-electron chi connectivity index (χ3n) is 4.58. The number of carbonyl (C=O) groups is 1. The van der Waals surface area contributed by atoms with Gasteiger partial charge in [0.25, 0.3) is 5.91 Å². The molecule has 1 aromatic carbocycles. The molecule has 114 valence electrons. The highest BCUT2D eigenvalue weighted by molar-refractivity contribution is 7.07. The molecule has 2 aliphatic heterocycles. The summed E-state index contributed by atoms with van der Waals surface area (Å²) in [5.41, 5.74) is 3.56. The number of nitrogens with zero attached hydrogens (tertiary/aromatic N) is 3. The van der Waals surface area contributed by atoms with Gasteiger partial charge in [0, 0.05) is 48.5 Å². The Morgan fingerprint density at radius 1 is 1.27 bits per heavy atom. The maximum atomic E-state index is 12.4. The Balaban J connectivity index is 1.39. The molecule has 0 unspecified atom stereocenters. The van der Waals surface area contributed by atoms with Crippen molar-refractivity contribution in [3.8, 4) is 0 Å². The fourth-order valence-electron chi connectivity index (χ4n) is 3.40. The lowest BCUT2D eigenvalue weighted by molar-refractivity contribution is 0.0433. The first-order valence-electron chi connectivity index (χ1n) is 7.36. The second kappa shape index (κ2) is 5.65. The van der Waals surface area contributed by atoms with Crippen molar-refractivity contribution in [1.82, 2.24) is 14.8 Å². The molecule has 0 bridgehead atoms. The maximum absolute atomic E-state index is 12.4. The third kappa shape index (κ3) is 2.53. The van der Waals surface area contributed by atoms with E-state index < -0.39 is 0 Å². The van der Waals surface area contributed by atoms with Gasteiger partial charge in [0.2, 0.25) is 0 Å². The number of rotatable bonds is 3. The van der Waals surface area contributed by atoms with Crippen LogP contribution in [0.25, 0.3) is 0 Å². The highest BCUT2D eigenvalue weighted by atomic mass is 35.5. The number of amides is 1. The molecule has 1 amide bonds. The number of carbonyl (C=O) groups excluding carboxylic acids is 1. The van der Waals surface area contributed by atoms with E-state index in [1.165, 1.54) is 16.9 Å². The van der Waals surface area contributed by atoms with Crippen molar-refractivity contribution >= 4 is 28.8 Å². The van der Waals surface area contributed by atoms with Crippen LogP contribution in [-0.4, -0.2) is 46.4 Å². The van der Waals surface area contributed by atoms with E-state index in [0.717, 1.165) is 31.2 Å². The number of aromatic nitrogens is 1. The van der Waals surface area contributed by atoms with Gasteiger partial charge in [-0.15, -0.1) is 11.3 Å². The molecule has 0 aliphatic carbocycles. The Labute approximate surface area is 138 Å². The van der Waals surface area contributed by atoms with Crippen LogP contribution in [0.2, 0.25) is 5.02 Å². The Bertz CT molecular complexity index is 673. The molecule has 3 heterocycles. The van der Waals surface area contributed by atoms with Crippen LogP contribution >= 0.6 is 22.9 Å². The molecule has 0 saturated carbocycles. The summed E-state index contributed by atoms with van der Waals surface area (Å²) in [6.45, 7) is 3.66. The summed E-state index contributed by atoms with van der Waals surface area (Å²) < 4.78 is 0. The minimum Gasteiger partial charge on any atom is -0.335 e. The van der Waals surface area contributed by atoms with Gasteiger partial charge in [-0.3, -0.25) is 9.69 Å². The summed E-state index contributed by atoms with van der Waals surface area (Å²) in [5, 5.41) is 2.60. The van der Waals surface area contributed by atoms with Gasteiger partial charge in [0.05, 0.1) is 5.51 Å². The molecule has 0 N–H and O–H groups in total. The van der Waals surface area contributed by atoms with Gasteiger partial charge in [0.1, 0.15) is 5.69 Å². The lowest BCUT2D eigenvalue weighted by atomic mass is 9.91. The summed E-state index contributed by atoms with van der Waals surface area (Å²) in [6, 6.07) is 8.49. The standard InChI is InChI=1S/C16H16ClN3OS/c17-13-3-1-11(2-4-13)5-19-6-12-7-20(8-15(12)19)16(21)14-9-22-10-18-14/h1-4,9-10,12,15H,5-8H2/t12-,15-/m0/s1. The monoisotopic (exact) mass is 333 g/mol. The smallest absolute Gasteiger partial charge is 0.273 e. The van der Waals surface area contributed by atoms with Gasteiger partial charge < -0.3 is 4.90 Å². The first-order valence-corrected chi connectivity index (χ1v) is 8.69. The number of thiazole rings is 1. The van der Waals surface area contributed by atoms with Crippen LogP contribution in [0.3, 0.4) is 0 Å². The fourth-order valence-corrected chi connectivity index (χ4v) is 4.05. The first kappa shape index (κ1) is 14.2. The van der Waals surface area contributed by atoms with Gasteiger partial charge in [-0.2, -0.15) is 0 Å². The molecule has 0 spiro atoms. The number of benzene rings is 1. The zero-order valence-electron chi connectivity index (χ0n) is 12.0. The minimum atomic E-state index is 0.0714. The lowest BCUT2D eigenvalue weighted by Crippen LogP contribution is -2.54. The molecule has 6 heteroatoms. The van der Waals surface area contributed by atoms with Crippen molar-refractivity contribution in [3.63, 3.8) is 0 Å². The van der Waals surface area contributed by atoms with Crippen LogP contribution in [0.15, 0.2) is 35.2 Å². The summed E-state index contributed by atoms with van der Waals surface area (Å²) >= 11 is 7.39. The lowest BCUT2D eigenvalue weighted by Gasteiger charge is -2.43. The molecule has 2 fully saturated rings. The molecule has 4 rings (SSSR count). The van der Waals surface area contributed by atoms with Gasteiger partial charge in [-0.25, -0.2) is 4.98 Å². The van der Waals surface area contributed by atoms with Crippen LogP contribution in [0.1, 0.15) is 16.1 Å². The number of likely N-dealkylation sites (tertiary alicyclic amines) is 2. The Hall–Kier alpha value is -1.43. The fraction of sp³-hybridized carbons (Fsp3) is 0.375. The molecule has 2 aliphatic rings. The van der Waals surface area contributed by atoms with Crippen LogP contribution in [0.4, 0.5) is 0 Å². The minimum absolute atomic E-state index is 0.0714. The van der Waals surface area contributed by atoms with Crippen LogP contribution in [0, 0.1) is 5.92 Å². The van der Waals surface area contributed by atoms with Crippen molar-refractivity contribution in [1.29, 1.82) is 0 Å². The molecule has 2 atom stereocenters. The molecule has 22 heavy (non-hydrogen) atoms. The van der Waals surface area contributed by atoms with Crippen LogP contribution in [-0.2, 0) is 6.54 Å². The van der Waals surface area contributed by atoms with Crippen molar-refractivity contribution in [2.24, 2.45) is 5.92 Å². The quantitative estimate of drug-likeness (QED) is 0.866. The van der Waals surface area contributed by atoms with Crippen molar-refractivity contribution in [3.05, 3.63) is 51.4 Å². The molecule has 1 aromatic heterocycles. The van der Waals surface area contributed by atoms with E-state index in [4.69, 9.17) is 11.6 Å². The van der Waals surface area contributed by atoms with Gasteiger partial charge in [0.15, 0.2) is 0 Å². The molecular formula is C16H16ClN3OS. The van der Waals surface area contributed by atoms with E-state index >= 15 is 0 Å². The summed E-state index contributed by atoms with van der Waals surface area (Å²) in [5.74, 6) is 0.678. The Morgan fingerprint density at radius 2 is 2.09 bits per heavy atom. The predicted molar refractivity (Wildman–Crippen MR) is 87.2 cm³/mol. The van der Waals surface area contributed by atoms with Crippen molar-refractivity contribution in [2.45, 2.75) is 12.6 Å². The summed E-state index contributed by atoms with van der Waals surface area (Å²) in [7, 11) is 0. The van der Waals surface area contributed by atoms with Gasteiger partial charge >= 0.3 is 0 Å². The topological polar surface area (TPSA) is 36.4 Å². The van der Waals surface area contributed by atoms with E-state index in [2.05, 4.69) is 22.0 Å². The number of fused-ring (bicyclic) bond motifs is 1. The second-order valence-corrected chi connectivity index (χ2v) is 7.12. The zero-order valence-corrected chi connectivity index (χ0v) is 13.6. The Kier molecular flexibility index (Phi) is 3.64. The normalized spacial score (nSPS) is 24.1. The van der Waals surface area contributed by atoms with Crippen LogP contribution in [0.5, 0.6) is 0 Å². The van der Waals surface area contributed by atoms with E-state index in [1.54, 1.807) is 5.51 Å². The van der Waals surface area contributed by atoms with E-state index in [9.17, 15) is 4.79 Å². The van der Waals surface area contributed by atoms with Crippen molar-refractivity contribution in [2.75, 3.05) is 19.6 Å². The molecule has 2 aromatic rings. The number of hydrogen-bond acceptors (Lipinski definition) is 4. The van der Waals surface area contributed by atoms with E-state index in [1.807, 2.05) is 22.4 Å². The van der Waals surface area contributed by atoms with E-state index in [-0.39, 0.29) is 5.91 Å². The van der Waals surface area contributed by atoms with Crippen molar-refractivity contribution < 1.29 is 4.79 Å². The average molecular weight is 334 g/mol. The third-order valence-corrected chi connectivity index (χ3v) is 5.42. The largest absolute Gasteiger partial charge is 0.335 e. The summed E-state index contributed by atoms with van der Waals surface area (Å²) in [4.78, 5) is 20.9. The number of halogens is 1. The van der Waals surface area contributed by atoms with E-state index in [0.29, 0.717) is 17.7 Å². The SMILES string of the molecule is O=C(c1cscn1)N1C[C@@H]2CN(Cc3ccc(Cl)cc3)[C@H]2C1. The summed E-state index contributed by atoms with van der Waals surface area (Å²) in [6.07, 6.45) is 0. The van der Waals surface area contributed by atoms with Gasteiger partial charge in [-0.05, 0) is 17.7 Å². The second-order valence-electron chi connectivity index (χ2n) is 5.97. The Morgan fingerprint density at radius 3 is 2.82 bits per heavy atom. The highest BCUT2D eigenvalue weighted by Crippen LogP contribution is 2.34. The highest BCUT2D eigenvalue weighted by Gasteiger charge is 2.46. The number of hydrogen-bond donors (Lipinski definition) is 0. The molecule has 4 nitrogen and oxygen atoms in total. The predicted octanol–water partition coefficient (Wildman–Crippen LogP) is 2.75. The van der Waals surface area contributed by atoms with Gasteiger partial charge in [-0.1, -0.05) is 23.7 Å². The molecule has 2 saturated heterocycles. The molecule has 0 radical (unpaired) electrons. The van der Waals surface area contributed by atoms with Crippen LogP contribution < -0.4 is 0 Å². The zero-order chi connectivity index (χ0) is 15.1. The molecular weight excluding hydrogens is 318 g/mol. The maximum Gasteiger partial charge on any atom is 0.273 e. The first-order chi connectivity index (χ1) is 10.7. The average Bonchev–Trinajstić information content (AvgIpc) is 3.14.